The minimum atomic E-state index is -1.39. The number of ether oxygens (including phenoxy) is 6. The Hall–Kier alpha value is -3.43. The smallest absolute Gasteiger partial charge is 0.410 e. The van der Waals surface area contributed by atoms with Crippen LogP contribution in [0.25, 0.3) is 0 Å². The number of nitrogens with zero attached hydrogens (tertiary/aromatic N) is 2. The molecule has 0 unspecified atom stereocenters. The highest BCUT2D eigenvalue weighted by Gasteiger charge is 2.60. The van der Waals surface area contributed by atoms with Crippen LogP contribution < -0.4 is 5.73 Å². The Morgan fingerprint density at radius 3 is 2.23 bits per heavy atom. The number of benzene rings is 1. The number of fused-ring (bicyclic) bond motifs is 1. The van der Waals surface area contributed by atoms with Crippen LogP contribution in [0.5, 0.6) is 0 Å². The summed E-state index contributed by atoms with van der Waals surface area (Å²) in [6.07, 6.45) is -2.93. The molecule has 13 atom stereocenters. The molecule has 1 aromatic rings. The van der Waals surface area contributed by atoms with E-state index in [2.05, 4.69) is 0 Å². The van der Waals surface area contributed by atoms with E-state index in [4.69, 9.17) is 34.2 Å². The molecule has 3 aliphatic heterocycles. The van der Waals surface area contributed by atoms with Gasteiger partial charge in [0.15, 0.2) is 23.8 Å². The summed E-state index contributed by atoms with van der Waals surface area (Å²) < 4.78 is 37.8. The molecule has 14 nitrogen and oxygen atoms in total. The maximum atomic E-state index is 14.6. The number of carbonyl (C=O) groups excluding carboxylic acids is 5. The number of carbonyl (C=O) groups is 5. The van der Waals surface area contributed by atoms with Crippen LogP contribution in [0.4, 0.5) is 4.79 Å². The summed E-state index contributed by atoms with van der Waals surface area (Å²) in [6, 6.07) is 7.51. The second kappa shape index (κ2) is 18.9. The van der Waals surface area contributed by atoms with Crippen molar-refractivity contribution >= 4 is 29.6 Å². The summed E-state index contributed by atoms with van der Waals surface area (Å²) in [4.78, 5) is 73.7. The first-order chi connectivity index (χ1) is 26.3. The number of methoxy groups -OCH3 is 1. The number of amides is 1. The van der Waals surface area contributed by atoms with Crippen LogP contribution in [0.3, 0.4) is 0 Å². The fourth-order valence-electron chi connectivity index (χ4n) is 9.01. The molecule has 0 bridgehead atoms. The lowest BCUT2D eigenvalue weighted by atomic mass is 9.73. The zero-order valence-electron chi connectivity index (χ0n) is 35.1. The number of rotatable bonds is 11. The van der Waals surface area contributed by atoms with Crippen LogP contribution in [0.15, 0.2) is 30.3 Å². The highest BCUT2D eigenvalue weighted by molar-refractivity contribution is 6.00. The molecule has 4 rings (SSSR count). The molecule has 3 fully saturated rings. The third kappa shape index (κ3) is 9.47. The second-order valence-corrected chi connectivity index (χ2v) is 16.6. The van der Waals surface area contributed by atoms with Crippen molar-refractivity contribution in [2.75, 3.05) is 34.3 Å². The van der Waals surface area contributed by atoms with Gasteiger partial charge >= 0.3 is 18.0 Å². The van der Waals surface area contributed by atoms with E-state index < -0.39 is 89.3 Å². The highest BCUT2D eigenvalue weighted by Crippen LogP contribution is 2.43. The van der Waals surface area contributed by atoms with Gasteiger partial charge in [-0.15, -0.1) is 0 Å². The predicted molar refractivity (Wildman–Crippen MR) is 207 cm³/mol. The van der Waals surface area contributed by atoms with E-state index in [1.807, 2.05) is 25.9 Å². The summed E-state index contributed by atoms with van der Waals surface area (Å²) >= 11 is 0. The van der Waals surface area contributed by atoms with Gasteiger partial charge in [0.25, 0.3) is 0 Å². The van der Waals surface area contributed by atoms with E-state index in [0.29, 0.717) is 37.9 Å². The SMILES string of the molecule is CC[C@@H]1OC(=O)[C@H](C)C(=O)[C@H](C)[C@@H](O[C@@H]2O[C@H](C)C[C@H](N(C)C)[C@H]2OC(=O)c2ccccc2)[C@@](C)(OC)C[C@@H](C)C(=O)[C@H](C)[C@H]2N(CCCCN)C(=O)O[C@]12C. The Bertz CT molecular complexity index is 1540. The maximum absolute atomic E-state index is 14.6. The summed E-state index contributed by atoms with van der Waals surface area (Å²) in [5, 5.41) is 0. The van der Waals surface area contributed by atoms with Gasteiger partial charge in [-0.25, -0.2) is 9.59 Å². The van der Waals surface area contributed by atoms with Gasteiger partial charge in [-0.05, 0) is 92.6 Å². The standard InChI is InChI=1S/C42H65N3O11/c1-12-31-42(8)35(45(40(50)56-42)21-17-16-20-43)26(4)32(46)24(2)23-41(7,51-11)36(27(5)33(47)28(6)37(48)53-31)55-39-34(30(44(9)10)22-25(3)52-39)54-38(49)29-18-14-13-15-19-29/h13-15,18-19,24-28,30-31,34-36,39H,12,16-17,20-23,43H2,1-11H3/t24-,25-,26+,27+,28-,30+,31+,34-,35-,36-,39+,41+,42-/m1/s1. The summed E-state index contributed by atoms with van der Waals surface area (Å²) in [6.45, 7) is 14.6. The third-order valence-corrected chi connectivity index (χ3v) is 12.2. The van der Waals surface area contributed by atoms with Gasteiger partial charge in [0.05, 0.1) is 35.5 Å². The first-order valence-corrected chi connectivity index (χ1v) is 20.1. The molecule has 3 heterocycles. The van der Waals surface area contributed by atoms with Gasteiger partial charge in [-0.3, -0.25) is 14.4 Å². The zero-order chi connectivity index (χ0) is 41.7. The molecule has 1 amide bonds. The lowest BCUT2D eigenvalue weighted by molar-refractivity contribution is -0.294. The van der Waals surface area contributed by atoms with E-state index in [1.54, 1.807) is 76.8 Å². The van der Waals surface area contributed by atoms with E-state index >= 15 is 0 Å². The number of ketones is 2. The lowest BCUT2D eigenvalue weighted by Gasteiger charge is -2.47. The number of unbranched alkanes of at least 4 members (excludes halogenated alkanes) is 1. The topological polar surface area (TPSA) is 173 Å². The van der Waals surface area contributed by atoms with Crippen molar-refractivity contribution in [3.63, 3.8) is 0 Å². The second-order valence-electron chi connectivity index (χ2n) is 16.6. The van der Waals surface area contributed by atoms with Crippen molar-refractivity contribution in [2.24, 2.45) is 29.4 Å². The monoisotopic (exact) mass is 787 g/mol. The number of cyclic esters (lactones) is 1. The molecule has 14 heteroatoms. The molecule has 314 valence electrons. The fraction of sp³-hybridized carbons (Fsp3) is 0.738. The first-order valence-electron chi connectivity index (χ1n) is 20.1. The Kier molecular flexibility index (Phi) is 15.3. The molecular formula is C42H65N3O11. The van der Waals surface area contributed by atoms with Crippen LogP contribution in [0, 0.1) is 23.7 Å². The molecule has 2 N–H and O–H groups in total. The molecule has 0 radical (unpaired) electrons. The van der Waals surface area contributed by atoms with E-state index in [0.717, 1.165) is 0 Å². The number of hydrogen-bond donors (Lipinski definition) is 1. The summed E-state index contributed by atoms with van der Waals surface area (Å²) in [5.74, 6) is -5.67. The van der Waals surface area contributed by atoms with Crippen LogP contribution in [0.2, 0.25) is 0 Å². The average Bonchev–Trinajstić information content (AvgIpc) is 3.43. The number of Topliss-reactive ketones (excluding diaryl/α,β-unsaturated/α-hetero) is 2. The van der Waals surface area contributed by atoms with Crippen molar-refractivity contribution in [1.29, 1.82) is 0 Å². The molecule has 0 saturated carbocycles. The quantitative estimate of drug-likeness (QED) is 0.141. The Morgan fingerprint density at radius 2 is 1.64 bits per heavy atom. The van der Waals surface area contributed by atoms with Gasteiger partial charge in [-0.1, -0.05) is 45.9 Å². The maximum Gasteiger partial charge on any atom is 0.410 e. The van der Waals surface area contributed by atoms with E-state index in [9.17, 15) is 24.0 Å². The largest absolute Gasteiger partial charge is 0.458 e. The van der Waals surface area contributed by atoms with E-state index in [1.165, 1.54) is 14.0 Å². The molecule has 0 spiro atoms. The Labute approximate surface area is 332 Å². The van der Waals surface area contributed by atoms with Crippen LogP contribution in [-0.2, 0) is 42.8 Å². The highest BCUT2D eigenvalue weighted by atomic mass is 16.7. The molecule has 1 aromatic carbocycles. The number of esters is 2. The third-order valence-electron chi connectivity index (χ3n) is 12.2. The Morgan fingerprint density at radius 1 is 0.982 bits per heavy atom. The van der Waals surface area contributed by atoms with Crippen molar-refractivity contribution in [2.45, 2.75) is 141 Å². The van der Waals surface area contributed by atoms with Gasteiger partial charge < -0.3 is 44.0 Å². The zero-order valence-corrected chi connectivity index (χ0v) is 35.1. The van der Waals surface area contributed by atoms with Crippen molar-refractivity contribution in [3.8, 4) is 0 Å². The molecule has 3 saturated heterocycles. The minimum absolute atomic E-state index is 0.101. The minimum Gasteiger partial charge on any atom is -0.458 e. The molecule has 0 aliphatic carbocycles. The van der Waals surface area contributed by atoms with Crippen molar-refractivity contribution in [3.05, 3.63) is 35.9 Å². The van der Waals surface area contributed by atoms with Gasteiger partial charge in [-0.2, -0.15) is 0 Å². The fourth-order valence-corrected chi connectivity index (χ4v) is 9.01. The number of nitrogens with two attached hydrogens (primary N) is 1. The van der Waals surface area contributed by atoms with Crippen LogP contribution >= 0.6 is 0 Å². The molecular weight excluding hydrogens is 722 g/mol. The molecule has 0 aromatic heterocycles. The first kappa shape index (κ1) is 45.3. The summed E-state index contributed by atoms with van der Waals surface area (Å²) in [7, 11) is 5.25. The number of hydrogen-bond acceptors (Lipinski definition) is 13. The summed E-state index contributed by atoms with van der Waals surface area (Å²) in [5.41, 5.74) is 3.42. The molecule has 3 aliphatic rings. The number of likely N-dealkylation sites (N-methyl/N-ethyl adjacent to an activating group) is 1. The van der Waals surface area contributed by atoms with Crippen molar-refractivity contribution in [1.82, 2.24) is 9.80 Å². The van der Waals surface area contributed by atoms with E-state index in [-0.39, 0.29) is 30.8 Å². The lowest BCUT2D eigenvalue weighted by Crippen LogP contribution is -2.61. The average molecular weight is 788 g/mol. The normalized spacial score (nSPS) is 37.4. The Balaban J connectivity index is 1.80. The molecule has 56 heavy (non-hydrogen) atoms. The van der Waals surface area contributed by atoms with Crippen molar-refractivity contribution < 1.29 is 52.4 Å². The van der Waals surface area contributed by atoms with Gasteiger partial charge in [0.1, 0.15) is 17.8 Å². The predicted octanol–water partition coefficient (Wildman–Crippen LogP) is 4.79. The van der Waals surface area contributed by atoms with Crippen LogP contribution in [0.1, 0.15) is 97.9 Å². The van der Waals surface area contributed by atoms with Gasteiger partial charge in [0.2, 0.25) is 0 Å². The van der Waals surface area contributed by atoms with Crippen LogP contribution in [-0.4, -0.2) is 128 Å². The van der Waals surface area contributed by atoms with Gasteiger partial charge in [0, 0.05) is 31.4 Å².